The van der Waals surface area contributed by atoms with Gasteiger partial charge >= 0.3 is 0 Å². The van der Waals surface area contributed by atoms with Crippen molar-refractivity contribution in [3.63, 3.8) is 0 Å². The normalized spacial score (nSPS) is 12.5. The second kappa shape index (κ2) is 11.9. The average Bonchev–Trinajstić information content (AvgIpc) is 2.10. The van der Waals surface area contributed by atoms with E-state index in [0.717, 1.165) is 8.27 Å². The van der Waals surface area contributed by atoms with Gasteiger partial charge in [0.2, 0.25) is 0 Å². The van der Waals surface area contributed by atoms with E-state index in [-0.39, 0.29) is 0 Å². The van der Waals surface area contributed by atoms with E-state index in [4.69, 9.17) is 0 Å². The molecule has 2 atom stereocenters. The third kappa shape index (κ3) is 10.9. The summed E-state index contributed by atoms with van der Waals surface area (Å²) in [6.45, 7) is 4.58. The van der Waals surface area contributed by atoms with Crippen molar-refractivity contribution in [3.05, 3.63) is 0 Å². The molecule has 0 aliphatic carbocycles. The first-order chi connectivity index (χ1) is 5.91. The van der Waals surface area contributed by atoms with Gasteiger partial charge in [-0.1, -0.05) is 39.5 Å². The zero-order chi connectivity index (χ0) is 9.07. The Morgan fingerprint density at radius 3 is 2.25 bits per heavy atom. The Hall–Kier alpha value is 0.860. The highest BCUT2D eigenvalue weighted by Gasteiger charge is 1.95. The Labute approximate surface area is 81.7 Å². The molecular weight excluding hydrogens is 182 g/mol. The highest BCUT2D eigenvalue weighted by Crippen LogP contribution is 2.38. The van der Waals surface area contributed by atoms with Gasteiger partial charge in [-0.05, 0) is 19.0 Å². The summed E-state index contributed by atoms with van der Waals surface area (Å²) in [7, 11) is 2.17. The van der Waals surface area contributed by atoms with Crippen LogP contribution in [0.2, 0.25) is 0 Å². The molecule has 74 valence electrons. The quantitative estimate of drug-likeness (QED) is 0.389. The van der Waals surface area contributed by atoms with E-state index in [1.807, 2.05) is 0 Å². The summed E-state index contributed by atoms with van der Waals surface area (Å²) >= 11 is 0. The van der Waals surface area contributed by atoms with Crippen molar-refractivity contribution in [2.24, 2.45) is 0 Å². The molecule has 0 aromatic rings. The monoisotopic (exact) mass is 207 g/mol. The van der Waals surface area contributed by atoms with Crippen molar-refractivity contribution in [1.82, 2.24) is 0 Å². The maximum atomic E-state index is 2.29. The number of hydrogen-bond acceptors (Lipinski definition) is 0. The van der Waals surface area contributed by atoms with E-state index in [0.29, 0.717) is 0 Å². The molecule has 0 heterocycles. The minimum absolute atomic E-state index is 0.836. The minimum atomic E-state index is 0.836. The summed E-state index contributed by atoms with van der Waals surface area (Å²) in [6.07, 6.45) is 11.8. The number of unbranched alkanes of at least 4 members (excludes halogenated alkanes) is 4. The maximum absolute atomic E-state index is 2.29. The van der Waals surface area contributed by atoms with Crippen LogP contribution in [0, 0.1) is 0 Å². The van der Waals surface area contributed by atoms with Gasteiger partial charge in [0.05, 0.1) is 6.16 Å². The average molecular weight is 207 g/mol. The van der Waals surface area contributed by atoms with Gasteiger partial charge in [-0.3, -0.25) is 0 Å². The van der Waals surface area contributed by atoms with Crippen LogP contribution in [-0.4, -0.2) is 12.3 Å². The van der Waals surface area contributed by atoms with E-state index in [1.165, 1.54) is 53.0 Å². The van der Waals surface area contributed by atoms with E-state index in [9.17, 15) is 0 Å². The number of rotatable bonds is 9. The second-order valence-corrected chi connectivity index (χ2v) is 7.70. The van der Waals surface area contributed by atoms with Crippen LogP contribution in [0.4, 0.5) is 0 Å². The second-order valence-electron chi connectivity index (χ2n) is 3.36. The molecule has 2 unspecified atom stereocenters. The minimum Gasteiger partial charge on any atom is -0.0654 e. The van der Waals surface area contributed by atoms with Crippen LogP contribution in [0.5, 0.6) is 0 Å². The van der Waals surface area contributed by atoms with Crippen LogP contribution in [0.15, 0.2) is 0 Å². The molecule has 0 spiro atoms. The molecule has 0 aromatic heterocycles. The van der Waals surface area contributed by atoms with Crippen LogP contribution in [0.3, 0.4) is 0 Å². The first-order valence-electron chi connectivity index (χ1n) is 5.46. The molecule has 0 aliphatic rings. The topological polar surface area (TPSA) is 0 Å². The highest BCUT2D eigenvalue weighted by molar-refractivity contribution is 8.11. The lowest BCUT2D eigenvalue weighted by molar-refractivity contribution is 0.776. The molecule has 0 rings (SSSR count). The Bertz CT molecular complexity index is 64.2. The lowest BCUT2D eigenvalue weighted by atomic mass is 10.3. The van der Waals surface area contributed by atoms with Gasteiger partial charge in [0.1, 0.15) is 0 Å². The third-order valence-electron chi connectivity index (χ3n) is 2.02. The molecule has 0 N–H and O–H groups in total. The van der Waals surface area contributed by atoms with Crippen molar-refractivity contribution in [3.8, 4) is 0 Å². The Balaban J connectivity index is 2.73. The molecule has 0 saturated heterocycles. The summed E-state index contributed by atoms with van der Waals surface area (Å²) in [6, 6.07) is 0. The van der Waals surface area contributed by atoms with Gasteiger partial charge in [0, 0.05) is 16.5 Å². The molecule has 0 aliphatic heterocycles. The summed E-state index contributed by atoms with van der Waals surface area (Å²) in [5.41, 5.74) is 0. The van der Waals surface area contributed by atoms with Crippen molar-refractivity contribution in [2.75, 3.05) is 12.3 Å². The van der Waals surface area contributed by atoms with E-state index < -0.39 is 0 Å². The fourth-order valence-electron chi connectivity index (χ4n) is 1.18. The molecule has 0 saturated carbocycles. The molecule has 0 aromatic carbocycles. The van der Waals surface area contributed by atoms with Crippen molar-refractivity contribution < 1.29 is 0 Å². The molecule has 0 nitrogen and oxygen atoms in total. The van der Waals surface area contributed by atoms with Crippen LogP contribution in [0.1, 0.15) is 52.4 Å². The smallest absolute Gasteiger partial charge is 0.0569 e. The molecular formula is C10H25P2+. The zero-order valence-corrected chi connectivity index (χ0v) is 10.9. The summed E-state index contributed by atoms with van der Waals surface area (Å²) in [5.74, 6) is 0. The standard InChI is InChI=1S/C10H24P2/c1-3-5-7-9-11-12-10-8-6-4-2/h11-12H,3-10H2,1-2H3/p+1. The largest absolute Gasteiger partial charge is 0.0654 e. The Morgan fingerprint density at radius 2 is 1.58 bits per heavy atom. The van der Waals surface area contributed by atoms with Gasteiger partial charge in [0.25, 0.3) is 0 Å². The van der Waals surface area contributed by atoms with Crippen LogP contribution in [-0.2, 0) is 0 Å². The summed E-state index contributed by atoms with van der Waals surface area (Å²) in [4.78, 5) is 0. The first kappa shape index (κ1) is 12.9. The van der Waals surface area contributed by atoms with Gasteiger partial charge in [-0.2, -0.15) is 0 Å². The maximum Gasteiger partial charge on any atom is 0.0569 e. The SMILES string of the molecule is CCCCCP[PH2+]CCCCC. The third-order valence-corrected chi connectivity index (χ3v) is 6.25. The molecule has 0 amide bonds. The van der Waals surface area contributed by atoms with Gasteiger partial charge in [-0.15, -0.1) is 0 Å². The summed E-state index contributed by atoms with van der Waals surface area (Å²) in [5, 5.41) is 0. The van der Waals surface area contributed by atoms with E-state index >= 15 is 0 Å². The number of hydrogen-bond donors (Lipinski definition) is 0. The van der Waals surface area contributed by atoms with Crippen molar-refractivity contribution >= 4 is 16.5 Å². The fraction of sp³-hybridized carbons (Fsp3) is 1.00. The van der Waals surface area contributed by atoms with E-state index in [2.05, 4.69) is 13.8 Å². The van der Waals surface area contributed by atoms with Crippen molar-refractivity contribution in [2.45, 2.75) is 52.4 Å². The zero-order valence-electron chi connectivity index (χ0n) is 8.73. The fourth-order valence-corrected chi connectivity index (χ4v) is 4.98. The molecule has 12 heavy (non-hydrogen) atoms. The van der Waals surface area contributed by atoms with Gasteiger partial charge in [-0.25, -0.2) is 0 Å². The van der Waals surface area contributed by atoms with Crippen LogP contribution < -0.4 is 0 Å². The lowest BCUT2D eigenvalue weighted by Crippen LogP contribution is -1.76. The van der Waals surface area contributed by atoms with Crippen LogP contribution in [0.25, 0.3) is 0 Å². The summed E-state index contributed by atoms with van der Waals surface area (Å²) < 4.78 is 0. The predicted octanol–water partition coefficient (Wildman–Crippen LogP) is 4.37. The lowest BCUT2D eigenvalue weighted by Gasteiger charge is -1.95. The Morgan fingerprint density at radius 1 is 0.917 bits per heavy atom. The van der Waals surface area contributed by atoms with E-state index in [1.54, 1.807) is 6.16 Å². The molecule has 2 heteroatoms. The van der Waals surface area contributed by atoms with Gasteiger partial charge < -0.3 is 0 Å². The predicted molar refractivity (Wildman–Crippen MR) is 66.8 cm³/mol. The highest BCUT2D eigenvalue weighted by atomic mass is 32.0. The molecule has 0 radical (unpaired) electrons. The van der Waals surface area contributed by atoms with Crippen molar-refractivity contribution in [1.29, 1.82) is 0 Å². The molecule has 0 bridgehead atoms. The molecule has 0 fully saturated rings. The van der Waals surface area contributed by atoms with Crippen LogP contribution >= 0.6 is 16.5 Å². The first-order valence-corrected chi connectivity index (χ1v) is 9.30. The van der Waals surface area contributed by atoms with Gasteiger partial charge in [0.15, 0.2) is 0 Å². The Kier molecular flexibility index (Phi) is 12.7.